The van der Waals surface area contributed by atoms with E-state index in [9.17, 15) is 19.0 Å². The molecule has 2 atom stereocenters. The van der Waals surface area contributed by atoms with Crippen molar-refractivity contribution in [3.05, 3.63) is 182 Å². The van der Waals surface area contributed by atoms with E-state index in [1.54, 1.807) is 0 Å². The molecule has 0 radical (unpaired) electrons. The summed E-state index contributed by atoms with van der Waals surface area (Å²) in [5, 5.41) is 0. The first-order valence-corrected chi connectivity index (χ1v) is 34.0. The number of nitrogens with zero attached hydrogens (tertiary/aromatic N) is 1. The van der Waals surface area contributed by atoms with Gasteiger partial charge in [-0.15, -0.1) is 0 Å². The normalized spacial score (nSPS) is 14.4. The summed E-state index contributed by atoms with van der Waals surface area (Å²) < 4.78 is 34.2. The number of carbonyl (C=O) groups excluding carboxylic acids is 2. The molecule has 0 aromatic rings. The molecule has 0 heterocycles. The van der Waals surface area contributed by atoms with Crippen molar-refractivity contribution >= 4 is 19.8 Å². The number of unbranched alkanes of at least 4 members (excludes halogenated alkanes) is 13. The first-order chi connectivity index (χ1) is 41.0. The van der Waals surface area contributed by atoms with Gasteiger partial charge in [0.15, 0.2) is 6.10 Å². The zero-order valence-electron chi connectivity index (χ0n) is 53.5. The molecule has 0 rings (SSSR count). The summed E-state index contributed by atoms with van der Waals surface area (Å²) in [6.45, 7) is 3.95. The Morgan fingerprint density at radius 2 is 0.643 bits per heavy atom. The van der Waals surface area contributed by atoms with E-state index in [0.717, 1.165) is 148 Å². The molecule has 0 aliphatic heterocycles. The Balaban J connectivity index is 4.25. The zero-order chi connectivity index (χ0) is 61.2. The molecule has 472 valence electrons. The minimum Gasteiger partial charge on any atom is -0.756 e. The first-order valence-electron chi connectivity index (χ1n) is 32.5. The molecule has 0 amide bonds. The van der Waals surface area contributed by atoms with Crippen LogP contribution >= 0.6 is 7.82 Å². The average molecular weight is 1180 g/mol. The largest absolute Gasteiger partial charge is 0.756 e. The maximum Gasteiger partial charge on any atom is 0.306 e. The summed E-state index contributed by atoms with van der Waals surface area (Å²) in [6, 6.07) is 0. The van der Waals surface area contributed by atoms with E-state index in [0.29, 0.717) is 23.9 Å². The minimum atomic E-state index is -4.66. The summed E-state index contributed by atoms with van der Waals surface area (Å²) >= 11 is 0. The van der Waals surface area contributed by atoms with Crippen molar-refractivity contribution < 1.29 is 42.1 Å². The maximum absolute atomic E-state index is 12.8. The fraction of sp³-hybridized carbons (Fsp3) is 0.568. The van der Waals surface area contributed by atoms with Gasteiger partial charge in [-0.1, -0.05) is 254 Å². The van der Waals surface area contributed by atoms with Gasteiger partial charge in [0.1, 0.15) is 19.8 Å². The van der Waals surface area contributed by atoms with Crippen LogP contribution in [-0.4, -0.2) is 70.0 Å². The molecule has 0 fully saturated rings. The lowest BCUT2D eigenvalue weighted by Gasteiger charge is -2.28. The number of phosphoric ester groups is 1. The Morgan fingerprint density at radius 3 is 0.952 bits per heavy atom. The van der Waals surface area contributed by atoms with Gasteiger partial charge in [-0.05, 0) is 135 Å². The molecule has 0 bridgehead atoms. The molecule has 0 aromatic carbocycles. The number of likely N-dealkylation sites (N-methyl/N-ethyl adjacent to an activating group) is 1. The molecule has 0 saturated carbocycles. The fourth-order valence-corrected chi connectivity index (χ4v) is 8.73. The van der Waals surface area contributed by atoms with Crippen LogP contribution in [0.3, 0.4) is 0 Å². The van der Waals surface area contributed by atoms with E-state index >= 15 is 0 Å². The molecule has 9 nitrogen and oxygen atoms in total. The highest BCUT2D eigenvalue weighted by molar-refractivity contribution is 7.45. The van der Waals surface area contributed by atoms with E-state index in [1.807, 2.05) is 21.1 Å². The average Bonchev–Trinajstić information content (AvgIpc) is 3.61. The van der Waals surface area contributed by atoms with Crippen LogP contribution in [0.25, 0.3) is 0 Å². The van der Waals surface area contributed by atoms with Gasteiger partial charge in [-0.2, -0.15) is 0 Å². The number of quaternary nitrogens is 1. The molecule has 2 unspecified atom stereocenters. The third kappa shape index (κ3) is 66.3. The van der Waals surface area contributed by atoms with Crippen molar-refractivity contribution in [1.82, 2.24) is 0 Å². The van der Waals surface area contributed by atoms with Crippen molar-refractivity contribution in [1.29, 1.82) is 0 Å². The van der Waals surface area contributed by atoms with Crippen molar-refractivity contribution in [3.8, 4) is 0 Å². The quantitative estimate of drug-likeness (QED) is 0.0195. The molecule has 0 saturated heterocycles. The van der Waals surface area contributed by atoms with Gasteiger partial charge < -0.3 is 27.9 Å². The highest BCUT2D eigenvalue weighted by atomic mass is 31.2. The predicted molar refractivity (Wildman–Crippen MR) is 359 cm³/mol. The van der Waals surface area contributed by atoms with Crippen LogP contribution in [0, 0.1) is 0 Å². The first kappa shape index (κ1) is 79.1. The summed E-state index contributed by atoms with van der Waals surface area (Å²) in [5.74, 6) is -0.884. The Morgan fingerprint density at radius 1 is 0.369 bits per heavy atom. The second-order valence-corrected chi connectivity index (χ2v) is 23.4. The molecular formula is C74H118NO8P. The summed E-state index contributed by atoms with van der Waals surface area (Å²) in [4.78, 5) is 38.0. The fourth-order valence-electron chi connectivity index (χ4n) is 8.00. The van der Waals surface area contributed by atoms with Crippen LogP contribution in [0.1, 0.15) is 219 Å². The number of phosphoric acid groups is 1. The lowest BCUT2D eigenvalue weighted by atomic mass is 10.1. The topological polar surface area (TPSA) is 111 Å². The highest BCUT2D eigenvalue weighted by Crippen LogP contribution is 2.38. The van der Waals surface area contributed by atoms with E-state index < -0.39 is 32.5 Å². The molecule has 0 spiro atoms. The molecule has 0 aromatic heterocycles. The SMILES string of the molecule is CC/C=C\C/C=C\C/C=C\C/C=C\C/C=C\C/C=C\C/C=C\C/C=C\C/C=C\C/C=C\CCCCCCC(=O)OC(COC(=O)CCCCCCCCCCC/C=C\C/C=C\C/C=C\C/C=C\C/C=C\CC)COP(=O)([O-])OCC[N+](C)(C)C. The third-order valence-corrected chi connectivity index (χ3v) is 13.9. The van der Waals surface area contributed by atoms with Crippen LogP contribution in [-0.2, 0) is 32.7 Å². The van der Waals surface area contributed by atoms with Gasteiger partial charge in [-0.3, -0.25) is 14.2 Å². The summed E-state index contributed by atoms with van der Waals surface area (Å²) in [7, 11) is 1.12. The number of allylic oxidation sites excluding steroid dienone is 30. The second kappa shape index (κ2) is 62.6. The number of hydrogen-bond donors (Lipinski definition) is 0. The Labute approximate surface area is 514 Å². The monoisotopic (exact) mass is 1180 g/mol. The maximum atomic E-state index is 12.8. The number of ether oxygens (including phenoxy) is 2. The Bertz CT molecular complexity index is 2070. The number of rotatable bonds is 57. The summed E-state index contributed by atoms with van der Waals surface area (Å²) in [5.41, 5.74) is 0. The molecule has 0 N–H and O–H groups in total. The van der Waals surface area contributed by atoms with Gasteiger partial charge in [-0.25, -0.2) is 0 Å². The van der Waals surface area contributed by atoms with Crippen molar-refractivity contribution in [3.63, 3.8) is 0 Å². The van der Waals surface area contributed by atoms with Crippen LogP contribution < -0.4 is 4.89 Å². The predicted octanol–water partition coefficient (Wildman–Crippen LogP) is 20.5. The number of carbonyl (C=O) groups is 2. The lowest BCUT2D eigenvalue weighted by Crippen LogP contribution is -2.37. The van der Waals surface area contributed by atoms with Gasteiger partial charge in [0, 0.05) is 12.8 Å². The van der Waals surface area contributed by atoms with E-state index in [-0.39, 0.29) is 26.1 Å². The van der Waals surface area contributed by atoms with Gasteiger partial charge >= 0.3 is 11.9 Å². The van der Waals surface area contributed by atoms with Crippen LogP contribution in [0.15, 0.2) is 182 Å². The van der Waals surface area contributed by atoms with E-state index in [1.165, 1.54) is 32.1 Å². The van der Waals surface area contributed by atoms with Crippen molar-refractivity contribution in [2.75, 3.05) is 47.5 Å². The highest BCUT2D eigenvalue weighted by Gasteiger charge is 2.22. The minimum absolute atomic E-state index is 0.0480. The molecule has 10 heteroatoms. The molecule has 0 aliphatic rings. The Hall–Kier alpha value is -4.89. The van der Waals surface area contributed by atoms with E-state index in [2.05, 4.69) is 196 Å². The van der Waals surface area contributed by atoms with Gasteiger partial charge in [0.25, 0.3) is 7.82 Å². The molecular weight excluding hydrogens is 1060 g/mol. The lowest BCUT2D eigenvalue weighted by molar-refractivity contribution is -0.870. The standard InChI is InChI=1S/C74H118NO8P/c1-6-8-10-12-14-16-18-20-22-24-26-28-30-32-33-34-35-36-37-38-39-40-41-43-45-47-49-51-53-55-57-59-61-63-65-67-74(77)83-72(71-82-84(78,79)81-69-68-75(3,4)5)70-80-73(76)66-64-62-60-58-56-54-52-50-48-46-44-42-31-29-27-25-23-21-19-17-15-13-11-9-7-2/h8-11,14-17,20-23,26-29,32-33,35-36,38-39,41-44,47,49,53,55,72H,6-7,12-13,18-19,24-25,30-31,34,37,40,45-46,48,50-52,54,56-71H2,1-5H3/b10-8-,11-9-,16-14-,17-15-,22-20-,23-21-,28-26-,29-27-,33-32-,36-35-,39-38-,43-41-,44-42-,49-47-,55-53-. The van der Waals surface area contributed by atoms with Gasteiger partial charge in [0.2, 0.25) is 0 Å². The van der Waals surface area contributed by atoms with Crippen molar-refractivity contribution in [2.45, 2.75) is 225 Å². The third-order valence-electron chi connectivity index (χ3n) is 12.9. The van der Waals surface area contributed by atoms with Crippen LogP contribution in [0.4, 0.5) is 0 Å². The second-order valence-electron chi connectivity index (χ2n) is 22.0. The van der Waals surface area contributed by atoms with Crippen LogP contribution in [0.2, 0.25) is 0 Å². The van der Waals surface area contributed by atoms with E-state index in [4.69, 9.17) is 18.5 Å². The number of hydrogen-bond acceptors (Lipinski definition) is 8. The Kier molecular flexibility index (Phi) is 59.0. The van der Waals surface area contributed by atoms with Crippen LogP contribution in [0.5, 0.6) is 0 Å². The molecule has 84 heavy (non-hydrogen) atoms. The summed E-state index contributed by atoms with van der Waals surface area (Å²) in [6.07, 6.45) is 96.6. The van der Waals surface area contributed by atoms with Crippen molar-refractivity contribution in [2.24, 2.45) is 0 Å². The zero-order valence-corrected chi connectivity index (χ0v) is 54.4. The smallest absolute Gasteiger partial charge is 0.306 e. The molecule has 0 aliphatic carbocycles. The van der Waals surface area contributed by atoms with Gasteiger partial charge in [0.05, 0.1) is 27.7 Å². The number of esters is 2.